The zero-order valence-electron chi connectivity index (χ0n) is 10.8. The minimum Gasteiger partial charge on any atom is -0.456 e. The number of carbonyl (C=O) groups excluding carboxylic acids is 2. The van der Waals surface area contributed by atoms with Crippen molar-refractivity contribution in [2.45, 2.75) is 52.7 Å². The first kappa shape index (κ1) is 12.1. The van der Waals surface area contributed by atoms with Gasteiger partial charge in [-0.2, -0.15) is 0 Å². The first-order valence-corrected chi connectivity index (χ1v) is 5.85. The largest absolute Gasteiger partial charge is 0.456 e. The average Bonchev–Trinajstić information content (AvgIpc) is 2.37. The average molecular weight is 238 g/mol. The van der Waals surface area contributed by atoms with Crippen LogP contribution in [-0.2, 0) is 19.1 Å². The molecule has 0 aromatic heterocycles. The van der Waals surface area contributed by atoms with Crippen LogP contribution in [0.3, 0.4) is 0 Å². The standard InChI is InChI=1S/C13H18O4/c1-8(14)16-13(4)5-9-10(15)6-12(2,3)7-11(9)17-13/h5-7H2,1-4H3. The van der Waals surface area contributed by atoms with Gasteiger partial charge in [0.1, 0.15) is 5.76 Å². The van der Waals surface area contributed by atoms with Crippen LogP contribution in [0, 0.1) is 5.41 Å². The van der Waals surface area contributed by atoms with Crippen molar-refractivity contribution in [1.82, 2.24) is 0 Å². The molecule has 1 aliphatic heterocycles. The Balaban J connectivity index is 2.20. The van der Waals surface area contributed by atoms with Crippen LogP contribution in [-0.4, -0.2) is 17.5 Å². The van der Waals surface area contributed by atoms with Crippen molar-refractivity contribution in [1.29, 1.82) is 0 Å². The van der Waals surface area contributed by atoms with Crippen LogP contribution < -0.4 is 0 Å². The number of allylic oxidation sites excluding steroid dienone is 1. The van der Waals surface area contributed by atoms with Gasteiger partial charge < -0.3 is 9.47 Å². The summed E-state index contributed by atoms with van der Waals surface area (Å²) in [5, 5.41) is 0. The van der Waals surface area contributed by atoms with E-state index in [1.807, 2.05) is 13.8 Å². The minimum atomic E-state index is -0.993. The predicted molar refractivity (Wildman–Crippen MR) is 60.9 cm³/mol. The summed E-state index contributed by atoms with van der Waals surface area (Å²) in [6, 6.07) is 0. The number of ketones is 1. The molecule has 1 aliphatic carbocycles. The van der Waals surface area contributed by atoms with E-state index in [1.165, 1.54) is 6.92 Å². The molecule has 94 valence electrons. The van der Waals surface area contributed by atoms with Gasteiger partial charge in [0, 0.05) is 32.3 Å². The highest BCUT2D eigenvalue weighted by Crippen LogP contribution is 2.46. The Kier molecular flexibility index (Phi) is 2.56. The van der Waals surface area contributed by atoms with Gasteiger partial charge in [-0.05, 0) is 5.41 Å². The Morgan fingerprint density at radius 2 is 1.88 bits per heavy atom. The van der Waals surface area contributed by atoms with Crippen LogP contribution in [0.4, 0.5) is 0 Å². The van der Waals surface area contributed by atoms with E-state index in [4.69, 9.17) is 9.47 Å². The second kappa shape index (κ2) is 3.59. The maximum Gasteiger partial charge on any atom is 0.305 e. The summed E-state index contributed by atoms with van der Waals surface area (Å²) < 4.78 is 10.8. The van der Waals surface area contributed by atoms with E-state index in [0.29, 0.717) is 24.2 Å². The van der Waals surface area contributed by atoms with Gasteiger partial charge in [-0.3, -0.25) is 9.59 Å². The first-order valence-electron chi connectivity index (χ1n) is 5.85. The lowest BCUT2D eigenvalue weighted by Crippen LogP contribution is -2.30. The van der Waals surface area contributed by atoms with Crippen LogP contribution in [0.2, 0.25) is 0 Å². The van der Waals surface area contributed by atoms with E-state index < -0.39 is 5.79 Å². The highest BCUT2D eigenvalue weighted by molar-refractivity contribution is 5.97. The fraction of sp³-hybridized carbons (Fsp3) is 0.692. The molecule has 0 spiro atoms. The molecule has 0 N–H and O–H groups in total. The summed E-state index contributed by atoms with van der Waals surface area (Å²) in [7, 11) is 0. The van der Waals surface area contributed by atoms with E-state index in [1.54, 1.807) is 6.92 Å². The van der Waals surface area contributed by atoms with Gasteiger partial charge in [0.2, 0.25) is 0 Å². The van der Waals surface area contributed by atoms with Gasteiger partial charge in [-0.1, -0.05) is 13.8 Å². The molecular weight excluding hydrogens is 220 g/mol. The molecule has 0 radical (unpaired) electrons. The van der Waals surface area contributed by atoms with Crippen LogP contribution in [0.5, 0.6) is 0 Å². The molecule has 2 rings (SSSR count). The lowest BCUT2D eigenvalue weighted by Gasteiger charge is -2.29. The van der Waals surface area contributed by atoms with Gasteiger partial charge in [-0.25, -0.2) is 0 Å². The van der Waals surface area contributed by atoms with Crippen LogP contribution in [0.1, 0.15) is 47.0 Å². The van der Waals surface area contributed by atoms with Crippen molar-refractivity contribution >= 4 is 11.8 Å². The Labute approximate surface area is 101 Å². The molecule has 2 aliphatic rings. The third-order valence-electron chi connectivity index (χ3n) is 3.15. The molecule has 0 aromatic carbocycles. The van der Waals surface area contributed by atoms with E-state index in [2.05, 4.69) is 0 Å². The normalized spacial score (nSPS) is 30.9. The van der Waals surface area contributed by atoms with Crippen LogP contribution in [0.25, 0.3) is 0 Å². The van der Waals surface area contributed by atoms with Crippen LogP contribution >= 0.6 is 0 Å². The smallest absolute Gasteiger partial charge is 0.305 e. The summed E-state index contributed by atoms with van der Waals surface area (Å²) in [4.78, 5) is 23.0. The van der Waals surface area contributed by atoms with Gasteiger partial charge in [0.25, 0.3) is 5.79 Å². The maximum atomic E-state index is 12.0. The molecule has 1 atom stereocenters. The zero-order chi connectivity index (χ0) is 12.8. The highest BCUT2D eigenvalue weighted by Gasteiger charge is 2.46. The van der Waals surface area contributed by atoms with Gasteiger partial charge in [0.05, 0.1) is 6.42 Å². The molecule has 0 saturated carbocycles. The number of rotatable bonds is 1. The second-order valence-corrected chi connectivity index (χ2v) is 5.85. The number of hydrogen-bond donors (Lipinski definition) is 0. The summed E-state index contributed by atoms with van der Waals surface area (Å²) >= 11 is 0. The van der Waals surface area contributed by atoms with Gasteiger partial charge >= 0.3 is 5.97 Å². The maximum absolute atomic E-state index is 12.0. The topological polar surface area (TPSA) is 52.6 Å². The first-order chi connectivity index (χ1) is 7.71. The van der Waals surface area contributed by atoms with E-state index in [9.17, 15) is 9.59 Å². The molecule has 0 fully saturated rings. The number of esters is 1. The molecule has 0 amide bonds. The molecular formula is C13H18O4. The molecule has 0 aromatic rings. The Bertz CT molecular complexity index is 419. The minimum absolute atomic E-state index is 0.0720. The van der Waals surface area contributed by atoms with Crippen molar-refractivity contribution in [2.24, 2.45) is 5.41 Å². The van der Waals surface area contributed by atoms with Crippen molar-refractivity contribution < 1.29 is 19.1 Å². The van der Waals surface area contributed by atoms with Crippen LogP contribution in [0.15, 0.2) is 11.3 Å². The third-order valence-corrected chi connectivity index (χ3v) is 3.15. The molecule has 17 heavy (non-hydrogen) atoms. The number of Topliss-reactive ketones (excluding diaryl/α,β-unsaturated/α-hetero) is 1. The zero-order valence-corrected chi connectivity index (χ0v) is 10.8. The quantitative estimate of drug-likeness (QED) is 0.658. The molecule has 4 heteroatoms. The molecule has 1 unspecified atom stereocenters. The molecule has 0 bridgehead atoms. The number of carbonyl (C=O) groups is 2. The summed E-state index contributed by atoms with van der Waals surface area (Å²) in [5.41, 5.74) is 0.630. The Hall–Kier alpha value is -1.32. The lowest BCUT2D eigenvalue weighted by molar-refractivity contribution is -0.199. The van der Waals surface area contributed by atoms with E-state index in [0.717, 1.165) is 6.42 Å². The van der Waals surface area contributed by atoms with Gasteiger partial charge in [0.15, 0.2) is 5.78 Å². The summed E-state index contributed by atoms with van der Waals surface area (Å²) in [6.07, 6.45) is 1.63. The Morgan fingerprint density at radius 3 is 2.47 bits per heavy atom. The summed E-state index contributed by atoms with van der Waals surface area (Å²) in [5.74, 6) is -0.562. The molecule has 1 heterocycles. The van der Waals surface area contributed by atoms with Gasteiger partial charge in [-0.15, -0.1) is 0 Å². The van der Waals surface area contributed by atoms with Crippen molar-refractivity contribution in [3.8, 4) is 0 Å². The Morgan fingerprint density at radius 1 is 1.24 bits per heavy atom. The SMILES string of the molecule is CC(=O)OC1(C)CC2=C(CC(C)(C)CC2=O)O1. The molecule has 0 saturated heterocycles. The van der Waals surface area contributed by atoms with Crippen molar-refractivity contribution in [3.63, 3.8) is 0 Å². The van der Waals surface area contributed by atoms with Crippen molar-refractivity contribution in [3.05, 3.63) is 11.3 Å². The van der Waals surface area contributed by atoms with E-state index in [-0.39, 0.29) is 17.2 Å². The highest BCUT2D eigenvalue weighted by atomic mass is 16.7. The van der Waals surface area contributed by atoms with Crippen molar-refractivity contribution in [2.75, 3.05) is 0 Å². The monoisotopic (exact) mass is 238 g/mol. The summed E-state index contributed by atoms with van der Waals surface area (Å²) in [6.45, 7) is 7.13. The lowest BCUT2D eigenvalue weighted by atomic mass is 9.76. The molecule has 4 nitrogen and oxygen atoms in total. The van der Waals surface area contributed by atoms with E-state index >= 15 is 0 Å². The number of hydrogen-bond acceptors (Lipinski definition) is 4. The fourth-order valence-electron chi connectivity index (χ4n) is 2.57. The predicted octanol–water partition coefficient (Wildman–Crippen LogP) is 2.33. The third kappa shape index (κ3) is 2.35. The fourth-order valence-corrected chi connectivity index (χ4v) is 2.57. The number of ether oxygens (including phenoxy) is 2. The second-order valence-electron chi connectivity index (χ2n) is 5.85.